The van der Waals surface area contributed by atoms with E-state index in [1.165, 1.54) is 18.2 Å². The maximum absolute atomic E-state index is 11.6. The van der Waals surface area contributed by atoms with Crippen LogP contribution >= 0.6 is 34.8 Å². The molecule has 0 heterocycles. The first-order chi connectivity index (χ1) is 12.0. The van der Waals surface area contributed by atoms with Crippen LogP contribution in [-0.2, 0) is 9.53 Å². The number of rotatable bonds is 7. The number of hydrogen-bond donors (Lipinski definition) is 1. The van der Waals surface area contributed by atoms with E-state index in [2.05, 4.69) is 0 Å². The fraction of sp³-hybridized carbons (Fsp3) is 0.167. The third kappa shape index (κ3) is 6.50. The largest absolute Gasteiger partial charge is 0.508 e. The third-order valence-corrected chi connectivity index (χ3v) is 3.86. The number of benzene rings is 2. The number of carbonyl (C=O) groups is 1. The van der Waals surface area contributed by atoms with Crippen LogP contribution in [0, 0.1) is 0 Å². The molecule has 0 saturated carbocycles. The van der Waals surface area contributed by atoms with E-state index in [4.69, 9.17) is 44.3 Å². The summed E-state index contributed by atoms with van der Waals surface area (Å²) in [4.78, 5) is 11.6. The molecule has 0 atom stereocenters. The molecule has 132 valence electrons. The van der Waals surface area contributed by atoms with Crippen molar-refractivity contribution in [2.75, 3.05) is 13.2 Å². The van der Waals surface area contributed by atoms with E-state index in [1.807, 2.05) is 0 Å². The van der Waals surface area contributed by atoms with Crippen LogP contribution in [0.3, 0.4) is 0 Å². The van der Waals surface area contributed by atoms with Gasteiger partial charge in [0, 0.05) is 29.7 Å². The Morgan fingerprint density at radius 1 is 1.04 bits per heavy atom. The molecule has 7 heteroatoms. The van der Waals surface area contributed by atoms with Gasteiger partial charge in [0.15, 0.2) is 5.75 Å². The number of phenols is 1. The monoisotopic (exact) mass is 400 g/mol. The summed E-state index contributed by atoms with van der Waals surface area (Å²) in [6.45, 7) is 0.454. The van der Waals surface area contributed by atoms with E-state index in [9.17, 15) is 9.90 Å². The summed E-state index contributed by atoms with van der Waals surface area (Å²) in [5.74, 6) is -0.200. The zero-order chi connectivity index (χ0) is 18.2. The van der Waals surface area contributed by atoms with Gasteiger partial charge in [-0.3, -0.25) is 0 Å². The molecule has 0 aliphatic carbocycles. The van der Waals surface area contributed by atoms with Crippen LogP contribution in [0.2, 0.25) is 15.1 Å². The minimum atomic E-state index is -0.448. The van der Waals surface area contributed by atoms with E-state index in [0.717, 1.165) is 5.56 Å². The van der Waals surface area contributed by atoms with Gasteiger partial charge in [0.25, 0.3) is 0 Å². The van der Waals surface area contributed by atoms with Gasteiger partial charge in [-0.15, -0.1) is 0 Å². The highest BCUT2D eigenvalue weighted by Crippen LogP contribution is 2.36. The van der Waals surface area contributed by atoms with Crippen molar-refractivity contribution in [3.63, 3.8) is 0 Å². The predicted octanol–water partition coefficient (Wildman–Crippen LogP) is 5.38. The molecule has 0 aliphatic heterocycles. The van der Waals surface area contributed by atoms with Crippen molar-refractivity contribution < 1.29 is 19.4 Å². The molecule has 1 N–H and O–H groups in total. The molecule has 0 fully saturated rings. The molecule has 0 aromatic heterocycles. The number of esters is 1. The number of ether oxygens (including phenoxy) is 2. The van der Waals surface area contributed by atoms with Crippen molar-refractivity contribution in [1.29, 1.82) is 0 Å². The van der Waals surface area contributed by atoms with Crippen molar-refractivity contribution in [3.05, 3.63) is 63.1 Å². The van der Waals surface area contributed by atoms with Gasteiger partial charge in [-0.1, -0.05) is 46.9 Å². The Hall–Kier alpha value is -1.88. The van der Waals surface area contributed by atoms with Crippen LogP contribution in [0.1, 0.15) is 12.0 Å². The van der Waals surface area contributed by atoms with Crippen molar-refractivity contribution in [2.24, 2.45) is 0 Å². The van der Waals surface area contributed by atoms with Crippen LogP contribution in [0.4, 0.5) is 0 Å². The lowest BCUT2D eigenvalue weighted by atomic mass is 10.2. The standard InChI is InChI=1S/C18H15Cl3O4/c19-13-5-2-12(3-6-13)4-7-17(23)24-8-1-9-25-18-15(20)10-14(22)11-16(18)21/h2-7,10-11,22H,1,8-9H2. The number of hydrogen-bond acceptors (Lipinski definition) is 4. The molecule has 0 amide bonds. The minimum absolute atomic E-state index is 0.0382. The molecule has 2 rings (SSSR count). The first-order valence-electron chi connectivity index (χ1n) is 7.37. The number of aromatic hydroxyl groups is 1. The maximum atomic E-state index is 11.6. The summed E-state index contributed by atoms with van der Waals surface area (Å²) in [6.07, 6.45) is 3.46. The first-order valence-corrected chi connectivity index (χ1v) is 8.50. The SMILES string of the molecule is O=C(C=Cc1ccc(Cl)cc1)OCCCOc1c(Cl)cc(O)cc1Cl. The Bertz CT molecular complexity index is 734. The van der Waals surface area contributed by atoms with E-state index >= 15 is 0 Å². The molecule has 0 saturated heterocycles. The van der Waals surface area contributed by atoms with Crippen LogP contribution in [0.25, 0.3) is 6.08 Å². The van der Waals surface area contributed by atoms with Crippen molar-refractivity contribution in [1.82, 2.24) is 0 Å². The minimum Gasteiger partial charge on any atom is -0.508 e. The summed E-state index contributed by atoms with van der Waals surface area (Å²) in [5, 5.41) is 10.4. The second-order valence-electron chi connectivity index (χ2n) is 4.99. The van der Waals surface area contributed by atoms with Gasteiger partial charge >= 0.3 is 5.97 Å². The average molecular weight is 402 g/mol. The molecule has 4 nitrogen and oxygen atoms in total. The number of carbonyl (C=O) groups excluding carboxylic acids is 1. The molecular weight excluding hydrogens is 387 g/mol. The lowest BCUT2D eigenvalue weighted by Gasteiger charge is -2.10. The molecule has 0 bridgehead atoms. The summed E-state index contributed by atoms with van der Waals surface area (Å²) in [6, 6.07) is 9.75. The highest BCUT2D eigenvalue weighted by molar-refractivity contribution is 6.37. The van der Waals surface area contributed by atoms with E-state index < -0.39 is 5.97 Å². The number of phenolic OH excluding ortho intramolecular Hbond substituents is 1. The van der Waals surface area contributed by atoms with Crippen molar-refractivity contribution in [3.8, 4) is 11.5 Å². The summed E-state index contributed by atoms with van der Waals surface area (Å²) < 4.78 is 10.5. The first kappa shape index (κ1) is 19.4. The zero-order valence-corrected chi connectivity index (χ0v) is 15.3. The Kier molecular flexibility index (Phi) is 7.44. The van der Waals surface area contributed by atoms with Crippen LogP contribution in [0.15, 0.2) is 42.5 Å². The Morgan fingerprint density at radius 2 is 1.68 bits per heavy atom. The smallest absolute Gasteiger partial charge is 0.330 e. The van der Waals surface area contributed by atoms with Gasteiger partial charge < -0.3 is 14.6 Å². The summed E-state index contributed by atoms with van der Waals surface area (Å²) >= 11 is 17.7. The molecule has 2 aromatic rings. The second-order valence-corrected chi connectivity index (χ2v) is 6.24. The van der Waals surface area contributed by atoms with Gasteiger partial charge in [-0.2, -0.15) is 0 Å². The van der Waals surface area contributed by atoms with E-state index in [-0.39, 0.29) is 34.8 Å². The van der Waals surface area contributed by atoms with Crippen molar-refractivity contribution >= 4 is 46.8 Å². The molecule has 2 aromatic carbocycles. The van der Waals surface area contributed by atoms with Gasteiger partial charge in [0.2, 0.25) is 0 Å². The lowest BCUT2D eigenvalue weighted by molar-refractivity contribution is -0.137. The number of halogens is 3. The summed E-state index contributed by atoms with van der Waals surface area (Å²) in [7, 11) is 0. The molecule has 0 radical (unpaired) electrons. The van der Waals surface area contributed by atoms with Gasteiger partial charge in [0.05, 0.1) is 23.3 Å². The normalized spacial score (nSPS) is 10.8. The Labute approximate surface area is 160 Å². The fourth-order valence-corrected chi connectivity index (χ4v) is 2.59. The van der Waals surface area contributed by atoms with Gasteiger partial charge in [-0.05, 0) is 23.8 Å². The van der Waals surface area contributed by atoms with Gasteiger partial charge in [0.1, 0.15) is 5.75 Å². The lowest BCUT2D eigenvalue weighted by Crippen LogP contribution is -2.07. The topological polar surface area (TPSA) is 55.8 Å². The van der Waals surface area contributed by atoms with Crippen molar-refractivity contribution in [2.45, 2.75) is 6.42 Å². The van der Waals surface area contributed by atoms with E-state index in [1.54, 1.807) is 30.3 Å². The summed E-state index contributed by atoms with van der Waals surface area (Å²) in [5.41, 5.74) is 0.848. The quantitative estimate of drug-likeness (QED) is 0.384. The highest BCUT2D eigenvalue weighted by Gasteiger charge is 2.09. The molecule has 0 aliphatic rings. The average Bonchev–Trinajstić information content (AvgIpc) is 2.56. The molecule has 0 spiro atoms. The Balaban J connectivity index is 1.71. The van der Waals surface area contributed by atoms with Crippen LogP contribution in [0.5, 0.6) is 11.5 Å². The molecule has 25 heavy (non-hydrogen) atoms. The molecule has 0 unspecified atom stereocenters. The second kappa shape index (κ2) is 9.56. The molecular formula is C18H15Cl3O4. The fourth-order valence-electron chi connectivity index (χ4n) is 1.88. The van der Waals surface area contributed by atoms with Gasteiger partial charge in [-0.25, -0.2) is 4.79 Å². The zero-order valence-electron chi connectivity index (χ0n) is 13.0. The van der Waals surface area contributed by atoms with Crippen LogP contribution < -0.4 is 4.74 Å². The van der Waals surface area contributed by atoms with E-state index in [0.29, 0.717) is 11.4 Å². The Morgan fingerprint density at radius 3 is 2.32 bits per heavy atom. The third-order valence-electron chi connectivity index (χ3n) is 3.04. The highest BCUT2D eigenvalue weighted by atomic mass is 35.5. The predicted molar refractivity (Wildman–Crippen MR) is 99.7 cm³/mol. The van der Waals surface area contributed by atoms with Crippen LogP contribution in [-0.4, -0.2) is 24.3 Å². The maximum Gasteiger partial charge on any atom is 0.330 e.